The lowest BCUT2D eigenvalue weighted by atomic mass is 10.6. The van der Waals surface area contributed by atoms with Gasteiger partial charge in [-0.2, -0.15) is 0 Å². The van der Waals surface area contributed by atoms with Gasteiger partial charge in [-0.05, 0) is 6.07 Å². The second kappa shape index (κ2) is 2.19. The molecular weight excluding hydrogens is 140 g/mol. The summed E-state index contributed by atoms with van der Waals surface area (Å²) in [5.74, 6) is 0. The van der Waals surface area contributed by atoms with Crippen LogP contribution in [0.5, 0.6) is 0 Å². The van der Waals surface area contributed by atoms with Crippen LogP contribution in [0.25, 0.3) is 0 Å². The van der Waals surface area contributed by atoms with Crippen molar-refractivity contribution in [3.8, 4) is 0 Å². The first-order valence-electron chi connectivity index (χ1n) is 2.07. The van der Waals surface area contributed by atoms with Gasteiger partial charge in [-0.1, -0.05) is 24.4 Å². The third-order valence-corrected chi connectivity index (χ3v) is 1.52. The van der Waals surface area contributed by atoms with Crippen molar-refractivity contribution in [2.75, 3.05) is 0 Å². The van der Waals surface area contributed by atoms with Crippen LogP contribution in [0.15, 0.2) is 12.3 Å². The SMILES string of the molecule is S=c1cc[nH][nH]c1=S. The highest BCUT2D eigenvalue weighted by Crippen LogP contribution is 1.85. The number of nitrogens with one attached hydrogen (secondary N) is 2. The van der Waals surface area contributed by atoms with Crippen LogP contribution in [-0.2, 0) is 0 Å². The molecule has 0 unspecified atom stereocenters. The highest BCUT2D eigenvalue weighted by molar-refractivity contribution is 7.73. The molecule has 0 aliphatic carbocycles. The van der Waals surface area contributed by atoms with Gasteiger partial charge in [-0.15, -0.1) is 0 Å². The van der Waals surface area contributed by atoms with Crippen LogP contribution in [0.1, 0.15) is 0 Å². The molecule has 0 spiro atoms. The predicted molar refractivity (Wildman–Crippen MR) is 36.8 cm³/mol. The third kappa shape index (κ3) is 1.02. The predicted octanol–water partition coefficient (Wildman–Crippen LogP) is 1.80. The summed E-state index contributed by atoms with van der Waals surface area (Å²) in [5, 5.41) is 5.39. The van der Waals surface area contributed by atoms with Crippen LogP contribution in [0.4, 0.5) is 0 Å². The van der Waals surface area contributed by atoms with E-state index in [0.29, 0.717) is 9.15 Å². The first-order valence-corrected chi connectivity index (χ1v) is 2.89. The molecule has 0 bridgehead atoms. The van der Waals surface area contributed by atoms with Crippen molar-refractivity contribution in [3.05, 3.63) is 21.4 Å². The second-order valence-electron chi connectivity index (χ2n) is 1.30. The smallest absolute Gasteiger partial charge is 0.136 e. The Labute approximate surface area is 56.6 Å². The Kier molecular flexibility index (Phi) is 1.55. The molecule has 1 heterocycles. The Balaban J connectivity index is 3.59. The van der Waals surface area contributed by atoms with Crippen LogP contribution in [0.3, 0.4) is 0 Å². The molecular formula is C4H4N2S2. The number of hydrogen-bond acceptors (Lipinski definition) is 2. The van der Waals surface area contributed by atoms with E-state index in [1.165, 1.54) is 0 Å². The van der Waals surface area contributed by atoms with Gasteiger partial charge in [-0.25, -0.2) is 0 Å². The van der Waals surface area contributed by atoms with E-state index < -0.39 is 0 Å². The molecule has 42 valence electrons. The first kappa shape index (κ1) is 5.65. The monoisotopic (exact) mass is 144 g/mol. The van der Waals surface area contributed by atoms with Crippen LogP contribution < -0.4 is 0 Å². The van der Waals surface area contributed by atoms with E-state index in [1.807, 2.05) is 0 Å². The van der Waals surface area contributed by atoms with Gasteiger partial charge < -0.3 is 5.10 Å². The number of H-pyrrole nitrogens is 2. The number of hydrogen-bond donors (Lipinski definition) is 2. The minimum Gasteiger partial charge on any atom is -0.307 e. The number of rotatable bonds is 0. The molecule has 0 atom stereocenters. The highest BCUT2D eigenvalue weighted by atomic mass is 32.1. The minimum absolute atomic E-state index is 0.586. The summed E-state index contributed by atoms with van der Waals surface area (Å²) in [6.45, 7) is 0. The van der Waals surface area contributed by atoms with Crippen LogP contribution in [0.2, 0.25) is 0 Å². The summed E-state index contributed by atoms with van der Waals surface area (Å²) in [5.41, 5.74) is 0. The molecule has 2 nitrogen and oxygen atoms in total. The summed E-state index contributed by atoms with van der Waals surface area (Å²) < 4.78 is 1.27. The van der Waals surface area contributed by atoms with Gasteiger partial charge in [0.1, 0.15) is 4.64 Å². The molecule has 0 radical (unpaired) electrons. The maximum absolute atomic E-state index is 4.80. The summed E-state index contributed by atoms with van der Waals surface area (Å²) in [7, 11) is 0. The summed E-state index contributed by atoms with van der Waals surface area (Å²) in [6.07, 6.45) is 1.71. The van der Waals surface area contributed by atoms with Crippen molar-refractivity contribution < 1.29 is 0 Å². The molecule has 0 saturated heterocycles. The van der Waals surface area contributed by atoms with E-state index >= 15 is 0 Å². The molecule has 0 aliphatic rings. The quantitative estimate of drug-likeness (QED) is 0.544. The molecule has 0 aromatic carbocycles. The average Bonchev–Trinajstić information content (AvgIpc) is 1.77. The molecule has 4 heteroatoms. The maximum atomic E-state index is 4.80. The number of aromatic amines is 2. The molecule has 1 aromatic heterocycles. The summed E-state index contributed by atoms with van der Waals surface area (Å²) in [6, 6.07) is 1.74. The third-order valence-electron chi connectivity index (χ3n) is 0.728. The Morgan fingerprint density at radius 1 is 1.38 bits per heavy atom. The van der Waals surface area contributed by atoms with Gasteiger partial charge in [0.15, 0.2) is 0 Å². The summed E-state index contributed by atoms with van der Waals surface area (Å²) >= 11 is 9.56. The molecule has 0 saturated carbocycles. The lowest BCUT2D eigenvalue weighted by Gasteiger charge is -1.81. The Morgan fingerprint density at radius 2 is 2.12 bits per heavy atom. The minimum atomic E-state index is 0.586. The fraction of sp³-hybridized carbons (Fsp3) is 0. The van der Waals surface area contributed by atoms with Crippen molar-refractivity contribution >= 4 is 24.4 Å². The zero-order chi connectivity index (χ0) is 5.98. The fourth-order valence-corrected chi connectivity index (χ4v) is 0.608. The van der Waals surface area contributed by atoms with E-state index in [1.54, 1.807) is 12.3 Å². The van der Waals surface area contributed by atoms with E-state index in [2.05, 4.69) is 10.2 Å². The second-order valence-corrected chi connectivity index (χ2v) is 2.14. The normalized spacial score (nSPS) is 9.00. The topological polar surface area (TPSA) is 31.6 Å². The molecule has 1 rings (SSSR count). The molecule has 0 aliphatic heterocycles. The largest absolute Gasteiger partial charge is 0.307 e. The average molecular weight is 144 g/mol. The van der Waals surface area contributed by atoms with E-state index in [4.69, 9.17) is 24.4 Å². The van der Waals surface area contributed by atoms with Gasteiger partial charge in [-0.3, -0.25) is 5.10 Å². The fourth-order valence-electron chi connectivity index (χ4n) is 0.362. The standard InChI is InChI=1S/C4H4N2S2/c7-3-1-2-5-6-4(3)8/h1-2H,(H,5,7)(H,6,8). The maximum Gasteiger partial charge on any atom is 0.136 e. The Hall–Kier alpha value is -0.480. The van der Waals surface area contributed by atoms with E-state index in [0.717, 1.165) is 0 Å². The lowest BCUT2D eigenvalue weighted by Crippen LogP contribution is -1.77. The van der Waals surface area contributed by atoms with Crippen molar-refractivity contribution in [2.45, 2.75) is 0 Å². The molecule has 2 N–H and O–H groups in total. The first-order chi connectivity index (χ1) is 3.80. The molecule has 0 fully saturated rings. The molecule has 1 aromatic rings. The lowest BCUT2D eigenvalue weighted by molar-refractivity contribution is 1.01. The Morgan fingerprint density at radius 3 is 2.50 bits per heavy atom. The van der Waals surface area contributed by atoms with Crippen LogP contribution in [0, 0.1) is 9.15 Å². The van der Waals surface area contributed by atoms with Gasteiger partial charge in [0.2, 0.25) is 0 Å². The van der Waals surface area contributed by atoms with Crippen molar-refractivity contribution in [2.24, 2.45) is 0 Å². The van der Waals surface area contributed by atoms with Crippen molar-refractivity contribution in [1.29, 1.82) is 0 Å². The van der Waals surface area contributed by atoms with Crippen LogP contribution in [-0.4, -0.2) is 10.2 Å². The zero-order valence-corrected chi connectivity index (χ0v) is 5.60. The van der Waals surface area contributed by atoms with E-state index in [9.17, 15) is 0 Å². The van der Waals surface area contributed by atoms with Crippen molar-refractivity contribution in [1.82, 2.24) is 10.2 Å². The van der Waals surface area contributed by atoms with Crippen molar-refractivity contribution in [3.63, 3.8) is 0 Å². The molecule has 8 heavy (non-hydrogen) atoms. The highest BCUT2D eigenvalue weighted by Gasteiger charge is 1.74. The van der Waals surface area contributed by atoms with Gasteiger partial charge in [0.25, 0.3) is 0 Å². The van der Waals surface area contributed by atoms with Gasteiger partial charge in [0.05, 0.1) is 4.51 Å². The van der Waals surface area contributed by atoms with E-state index in [-0.39, 0.29) is 0 Å². The van der Waals surface area contributed by atoms with Crippen LogP contribution >= 0.6 is 24.4 Å². The molecule has 0 amide bonds. The summed E-state index contributed by atoms with van der Waals surface area (Å²) in [4.78, 5) is 0. The van der Waals surface area contributed by atoms with Gasteiger partial charge >= 0.3 is 0 Å². The zero-order valence-electron chi connectivity index (χ0n) is 3.97. The Bertz CT molecular complexity index is 243. The number of aromatic nitrogens is 2. The van der Waals surface area contributed by atoms with Gasteiger partial charge in [0, 0.05) is 6.20 Å².